The number of rotatable bonds is 3. The molecule has 1 N–H and O–H groups in total. The van der Waals surface area contributed by atoms with E-state index < -0.39 is 9.84 Å². The number of benzene rings is 1. The monoisotopic (exact) mass is 290 g/mol. The van der Waals surface area contributed by atoms with E-state index in [1.54, 1.807) is 37.4 Å². The Morgan fingerprint density at radius 3 is 2.60 bits per heavy atom. The topological polar surface area (TPSA) is 76.1 Å². The molecule has 0 atom stereocenters. The molecule has 104 valence electrons. The number of aryl methyl sites for hydroxylation is 1. The molecule has 0 bridgehead atoms. The lowest BCUT2D eigenvalue weighted by atomic mass is 10.2. The van der Waals surface area contributed by atoms with E-state index in [2.05, 4.69) is 10.3 Å². The first-order valence-corrected chi connectivity index (χ1v) is 7.80. The van der Waals surface area contributed by atoms with Gasteiger partial charge < -0.3 is 5.32 Å². The van der Waals surface area contributed by atoms with Crippen LogP contribution in [0.1, 0.15) is 16.1 Å². The summed E-state index contributed by atoms with van der Waals surface area (Å²) in [6.07, 6.45) is 2.73. The predicted molar refractivity (Wildman–Crippen MR) is 76.5 cm³/mol. The van der Waals surface area contributed by atoms with Crippen LogP contribution in [0.2, 0.25) is 0 Å². The van der Waals surface area contributed by atoms with Crippen molar-refractivity contribution < 1.29 is 13.2 Å². The van der Waals surface area contributed by atoms with E-state index in [0.717, 1.165) is 6.26 Å². The molecule has 5 nitrogen and oxygen atoms in total. The van der Waals surface area contributed by atoms with Gasteiger partial charge in [-0.3, -0.25) is 9.78 Å². The van der Waals surface area contributed by atoms with Gasteiger partial charge in [-0.2, -0.15) is 0 Å². The summed E-state index contributed by atoms with van der Waals surface area (Å²) in [4.78, 5) is 16.3. The molecule has 1 aromatic carbocycles. The molecule has 0 unspecified atom stereocenters. The molecule has 0 aliphatic heterocycles. The average molecular weight is 290 g/mol. The molecule has 2 rings (SSSR count). The summed E-state index contributed by atoms with van der Waals surface area (Å²) in [6.45, 7) is 1.74. The fourth-order valence-electron chi connectivity index (χ4n) is 1.73. The minimum Gasteiger partial charge on any atom is -0.322 e. The first-order chi connectivity index (χ1) is 9.38. The van der Waals surface area contributed by atoms with Crippen molar-refractivity contribution in [3.63, 3.8) is 0 Å². The Morgan fingerprint density at radius 2 is 1.95 bits per heavy atom. The Labute approximate surface area is 117 Å². The van der Waals surface area contributed by atoms with Gasteiger partial charge in [-0.15, -0.1) is 0 Å². The number of hydrogen-bond acceptors (Lipinski definition) is 4. The van der Waals surface area contributed by atoms with Gasteiger partial charge in [0.05, 0.1) is 10.5 Å². The van der Waals surface area contributed by atoms with Crippen LogP contribution in [-0.2, 0) is 9.84 Å². The summed E-state index contributed by atoms with van der Waals surface area (Å²) in [5.41, 5.74) is 1.50. The molecule has 0 radical (unpaired) electrons. The highest BCUT2D eigenvalue weighted by Crippen LogP contribution is 2.16. The second-order valence-electron chi connectivity index (χ2n) is 4.39. The molecule has 0 fully saturated rings. The molecule has 1 amide bonds. The molecule has 0 saturated carbocycles. The lowest BCUT2D eigenvalue weighted by Gasteiger charge is -2.08. The van der Waals surface area contributed by atoms with E-state index in [4.69, 9.17) is 0 Å². The average Bonchev–Trinajstić information content (AvgIpc) is 2.38. The minimum absolute atomic E-state index is 0.165. The maximum atomic E-state index is 12.1. The molecule has 1 aromatic heterocycles. The van der Waals surface area contributed by atoms with Crippen molar-refractivity contribution in [1.29, 1.82) is 0 Å². The summed E-state index contributed by atoms with van der Waals surface area (Å²) in [7, 11) is -3.30. The van der Waals surface area contributed by atoms with Gasteiger partial charge in [0, 0.05) is 23.8 Å². The Morgan fingerprint density at radius 1 is 1.20 bits per heavy atom. The first-order valence-electron chi connectivity index (χ1n) is 5.91. The molecule has 20 heavy (non-hydrogen) atoms. The van der Waals surface area contributed by atoms with Gasteiger partial charge in [0.15, 0.2) is 9.84 Å². The number of pyridine rings is 1. The van der Waals surface area contributed by atoms with Gasteiger partial charge in [-0.25, -0.2) is 8.42 Å². The fraction of sp³-hybridized carbons (Fsp3) is 0.143. The predicted octanol–water partition coefficient (Wildman–Crippen LogP) is 2.05. The number of hydrogen-bond donors (Lipinski definition) is 1. The maximum Gasteiger partial charge on any atom is 0.257 e. The molecule has 2 aromatic rings. The van der Waals surface area contributed by atoms with Crippen LogP contribution in [0.5, 0.6) is 0 Å². The van der Waals surface area contributed by atoms with Crippen molar-refractivity contribution in [3.8, 4) is 0 Å². The molecule has 0 aliphatic rings. The van der Waals surface area contributed by atoms with Gasteiger partial charge in [-0.05, 0) is 37.3 Å². The van der Waals surface area contributed by atoms with Gasteiger partial charge in [0.2, 0.25) is 0 Å². The third-order valence-electron chi connectivity index (χ3n) is 2.77. The van der Waals surface area contributed by atoms with Crippen LogP contribution < -0.4 is 5.32 Å². The SMILES string of the molecule is Cc1ncccc1C(=O)Nc1cccc(S(C)(=O)=O)c1. The van der Waals surface area contributed by atoms with Gasteiger partial charge in [0.1, 0.15) is 0 Å². The van der Waals surface area contributed by atoms with Crippen LogP contribution in [0, 0.1) is 6.92 Å². The molecule has 0 aliphatic carbocycles. The number of carbonyl (C=O) groups is 1. The normalized spacial score (nSPS) is 11.1. The zero-order valence-electron chi connectivity index (χ0n) is 11.1. The van der Waals surface area contributed by atoms with Crippen molar-refractivity contribution in [2.24, 2.45) is 0 Å². The standard InChI is InChI=1S/C14H14N2O3S/c1-10-13(7-4-8-15-10)14(17)16-11-5-3-6-12(9-11)20(2,18)19/h3-9H,1-2H3,(H,16,17). The lowest BCUT2D eigenvalue weighted by Crippen LogP contribution is -2.14. The van der Waals surface area contributed by atoms with Gasteiger partial charge in [-0.1, -0.05) is 6.07 Å². The summed E-state index contributed by atoms with van der Waals surface area (Å²) in [5.74, 6) is -0.318. The third kappa shape index (κ3) is 3.21. The van der Waals surface area contributed by atoms with Crippen molar-refractivity contribution in [2.45, 2.75) is 11.8 Å². The number of anilines is 1. The van der Waals surface area contributed by atoms with Crippen LogP contribution >= 0.6 is 0 Å². The molecular weight excluding hydrogens is 276 g/mol. The van der Waals surface area contributed by atoms with Crippen molar-refractivity contribution in [1.82, 2.24) is 4.98 Å². The number of aromatic nitrogens is 1. The van der Waals surface area contributed by atoms with E-state index in [1.807, 2.05) is 0 Å². The summed E-state index contributed by atoms with van der Waals surface area (Å²) in [5, 5.41) is 2.67. The number of nitrogens with zero attached hydrogens (tertiary/aromatic N) is 1. The zero-order valence-corrected chi connectivity index (χ0v) is 11.9. The Bertz CT molecular complexity index is 755. The Kier molecular flexibility index (Phi) is 3.85. The summed E-state index contributed by atoms with van der Waals surface area (Å²) in [6, 6.07) is 9.48. The second-order valence-corrected chi connectivity index (χ2v) is 6.41. The van der Waals surface area contributed by atoms with Crippen molar-refractivity contribution in [2.75, 3.05) is 11.6 Å². The van der Waals surface area contributed by atoms with E-state index >= 15 is 0 Å². The van der Waals surface area contributed by atoms with E-state index in [-0.39, 0.29) is 10.8 Å². The highest BCUT2D eigenvalue weighted by atomic mass is 32.2. The van der Waals surface area contributed by atoms with E-state index in [0.29, 0.717) is 16.9 Å². The quantitative estimate of drug-likeness (QED) is 0.938. The molecular formula is C14H14N2O3S. The molecule has 6 heteroatoms. The van der Waals surface area contributed by atoms with Crippen LogP contribution in [0.15, 0.2) is 47.5 Å². The lowest BCUT2D eigenvalue weighted by molar-refractivity contribution is 0.102. The number of nitrogens with one attached hydrogen (secondary N) is 1. The molecule has 0 spiro atoms. The zero-order chi connectivity index (χ0) is 14.8. The maximum absolute atomic E-state index is 12.1. The number of amides is 1. The molecule has 1 heterocycles. The fourth-order valence-corrected chi connectivity index (χ4v) is 2.39. The van der Waals surface area contributed by atoms with Crippen molar-refractivity contribution >= 4 is 21.4 Å². The van der Waals surface area contributed by atoms with Crippen LogP contribution in [-0.4, -0.2) is 25.6 Å². The summed E-state index contributed by atoms with van der Waals surface area (Å²) < 4.78 is 22.9. The smallest absolute Gasteiger partial charge is 0.257 e. The highest BCUT2D eigenvalue weighted by Gasteiger charge is 2.11. The van der Waals surface area contributed by atoms with Gasteiger partial charge >= 0.3 is 0 Å². The van der Waals surface area contributed by atoms with E-state index in [9.17, 15) is 13.2 Å². The Balaban J connectivity index is 2.27. The largest absolute Gasteiger partial charge is 0.322 e. The summed E-state index contributed by atoms with van der Waals surface area (Å²) >= 11 is 0. The first kappa shape index (κ1) is 14.2. The van der Waals surface area contributed by atoms with E-state index in [1.165, 1.54) is 12.1 Å². The Hall–Kier alpha value is -2.21. The number of sulfone groups is 1. The third-order valence-corrected chi connectivity index (χ3v) is 3.88. The van der Waals surface area contributed by atoms with Gasteiger partial charge in [0.25, 0.3) is 5.91 Å². The van der Waals surface area contributed by atoms with Crippen molar-refractivity contribution in [3.05, 3.63) is 53.9 Å². The highest BCUT2D eigenvalue weighted by molar-refractivity contribution is 7.90. The second kappa shape index (κ2) is 5.42. The van der Waals surface area contributed by atoms with Crippen LogP contribution in [0.3, 0.4) is 0 Å². The van der Waals surface area contributed by atoms with Crippen LogP contribution in [0.4, 0.5) is 5.69 Å². The number of carbonyl (C=O) groups excluding carboxylic acids is 1. The minimum atomic E-state index is -3.30. The molecule has 0 saturated heterocycles. The van der Waals surface area contributed by atoms with Crippen LogP contribution in [0.25, 0.3) is 0 Å².